The Balaban J connectivity index is 0.00000242. The smallest absolute Gasteiger partial charge is 0.238 e. The summed E-state index contributed by atoms with van der Waals surface area (Å²) in [6, 6.07) is 7.66. The third-order valence-corrected chi connectivity index (χ3v) is 3.74. The molecule has 0 aliphatic carbocycles. The summed E-state index contributed by atoms with van der Waals surface area (Å²) in [6.45, 7) is 2.47. The Bertz CT molecular complexity index is 511. The zero-order valence-electron chi connectivity index (χ0n) is 12.9. The van der Waals surface area contributed by atoms with Gasteiger partial charge in [0.05, 0.1) is 12.5 Å². The van der Waals surface area contributed by atoms with E-state index in [-0.39, 0.29) is 49.1 Å². The Hall–Kier alpha value is -1.34. The number of carbonyl (C=O) groups is 2. The van der Waals surface area contributed by atoms with Crippen molar-refractivity contribution in [3.63, 3.8) is 0 Å². The predicted molar refractivity (Wildman–Crippen MR) is 95.8 cm³/mol. The molecule has 1 fully saturated rings. The molecule has 0 radical (unpaired) electrons. The van der Waals surface area contributed by atoms with Crippen molar-refractivity contribution in [1.29, 1.82) is 0 Å². The van der Waals surface area contributed by atoms with Crippen molar-refractivity contribution in [2.45, 2.75) is 19.4 Å². The van der Waals surface area contributed by atoms with E-state index in [9.17, 15) is 9.59 Å². The van der Waals surface area contributed by atoms with Gasteiger partial charge in [-0.25, -0.2) is 0 Å². The summed E-state index contributed by atoms with van der Waals surface area (Å²) in [6.07, 6.45) is 1.88. The first-order valence-corrected chi connectivity index (χ1v) is 7.19. The van der Waals surface area contributed by atoms with Crippen LogP contribution in [0.5, 0.6) is 0 Å². The minimum Gasteiger partial charge on any atom is -0.369 e. The maximum Gasteiger partial charge on any atom is 0.238 e. The molecule has 23 heavy (non-hydrogen) atoms. The Morgan fingerprint density at radius 1 is 1.22 bits per heavy atom. The summed E-state index contributed by atoms with van der Waals surface area (Å²) in [4.78, 5) is 24.7. The Labute approximate surface area is 148 Å². The van der Waals surface area contributed by atoms with Crippen molar-refractivity contribution in [2.75, 3.05) is 25.0 Å². The number of carbonyl (C=O) groups excluding carboxylic acids is 2. The second-order valence-electron chi connectivity index (χ2n) is 5.43. The number of nitrogens with zero attached hydrogens (tertiary/aromatic N) is 1. The van der Waals surface area contributed by atoms with E-state index in [1.807, 2.05) is 24.3 Å². The third kappa shape index (κ3) is 6.74. The molecule has 1 aromatic rings. The van der Waals surface area contributed by atoms with Crippen LogP contribution in [0.3, 0.4) is 0 Å². The second kappa shape index (κ2) is 10.4. The van der Waals surface area contributed by atoms with E-state index < -0.39 is 0 Å². The zero-order chi connectivity index (χ0) is 15.2. The van der Waals surface area contributed by atoms with E-state index in [1.54, 1.807) is 0 Å². The van der Waals surface area contributed by atoms with Crippen LogP contribution < -0.4 is 16.8 Å². The molecule has 0 spiro atoms. The summed E-state index contributed by atoms with van der Waals surface area (Å²) in [5, 5.41) is 2.71. The van der Waals surface area contributed by atoms with Crippen LogP contribution in [0.1, 0.15) is 18.4 Å². The lowest BCUT2D eigenvalue weighted by Crippen LogP contribution is -2.40. The number of hydrogen-bond donors (Lipinski definition) is 3. The number of amides is 2. The van der Waals surface area contributed by atoms with Crippen LogP contribution in [0.25, 0.3) is 0 Å². The second-order valence-corrected chi connectivity index (χ2v) is 5.43. The van der Waals surface area contributed by atoms with Crippen molar-refractivity contribution >= 4 is 42.3 Å². The van der Waals surface area contributed by atoms with Crippen molar-refractivity contribution in [1.82, 2.24) is 4.90 Å². The lowest BCUT2D eigenvalue weighted by molar-refractivity contribution is -0.123. The molecule has 5 N–H and O–H groups in total. The molecule has 1 aromatic carbocycles. The molecule has 0 saturated carbocycles. The fourth-order valence-electron chi connectivity index (χ4n) is 2.60. The monoisotopic (exact) mass is 362 g/mol. The summed E-state index contributed by atoms with van der Waals surface area (Å²) in [7, 11) is 0. The number of piperidine rings is 1. The maximum absolute atomic E-state index is 11.3. The molecule has 1 atom stereocenters. The van der Waals surface area contributed by atoms with Gasteiger partial charge in [0, 0.05) is 18.8 Å². The Morgan fingerprint density at radius 3 is 2.43 bits per heavy atom. The van der Waals surface area contributed by atoms with Crippen LogP contribution in [0.4, 0.5) is 5.69 Å². The van der Waals surface area contributed by atoms with E-state index in [2.05, 4.69) is 10.2 Å². The van der Waals surface area contributed by atoms with E-state index in [1.165, 1.54) is 0 Å². The molecule has 1 unspecified atom stereocenters. The number of likely N-dealkylation sites (tertiary alicyclic amines) is 1. The largest absolute Gasteiger partial charge is 0.369 e. The normalized spacial score (nSPS) is 17.5. The van der Waals surface area contributed by atoms with Gasteiger partial charge >= 0.3 is 0 Å². The van der Waals surface area contributed by atoms with Gasteiger partial charge in [-0.2, -0.15) is 0 Å². The molecule has 0 bridgehead atoms. The van der Waals surface area contributed by atoms with Gasteiger partial charge in [-0.15, -0.1) is 24.8 Å². The quantitative estimate of drug-likeness (QED) is 0.730. The SMILES string of the molecule is Cl.Cl.NCC(=O)Nc1ccc(CN2CCCC(C(N)=O)C2)cc1. The summed E-state index contributed by atoms with van der Waals surface area (Å²) in [5.74, 6) is -0.454. The number of nitrogens with two attached hydrogens (primary N) is 2. The van der Waals surface area contributed by atoms with Crippen LogP contribution >= 0.6 is 24.8 Å². The van der Waals surface area contributed by atoms with Crippen molar-refractivity contribution in [3.05, 3.63) is 29.8 Å². The Kier molecular flexibility index (Phi) is 9.83. The fourth-order valence-corrected chi connectivity index (χ4v) is 2.60. The van der Waals surface area contributed by atoms with Crippen LogP contribution in [0, 0.1) is 5.92 Å². The molecule has 1 saturated heterocycles. The average molecular weight is 363 g/mol. The van der Waals surface area contributed by atoms with E-state index in [0.717, 1.165) is 43.7 Å². The van der Waals surface area contributed by atoms with E-state index >= 15 is 0 Å². The van der Waals surface area contributed by atoms with Gasteiger partial charge in [-0.05, 0) is 37.1 Å². The maximum atomic E-state index is 11.3. The first-order valence-electron chi connectivity index (χ1n) is 7.19. The Morgan fingerprint density at radius 2 is 1.87 bits per heavy atom. The zero-order valence-corrected chi connectivity index (χ0v) is 14.5. The molecular formula is C15H24Cl2N4O2. The highest BCUT2D eigenvalue weighted by atomic mass is 35.5. The van der Waals surface area contributed by atoms with E-state index in [4.69, 9.17) is 11.5 Å². The number of nitrogens with one attached hydrogen (secondary N) is 1. The van der Waals surface area contributed by atoms with Gasteiger partial charge in [-0.1, -0.05) is 12.1 Å². The summed E-state index contributed by atoms with van der Waals surface area (Å²) >= 11 is 0. The third-order valence-electron chi connectivity index (χ3n) is 3.74. The lowest BCUT2D eigenvalue weighted by Gasteiger charge is -2.31. The molecule has 1 aliphatic rings. The number of primary amides is 1. The van der Waals surface area contributed by atoms with Crippen molar-refractivity contribution in [2.24, 2.45) is 17.4 Å². The summed E-state index contributed by atoms with van der Waals surface area (Å²) < 4.78 is 0. The minimum atomic E-state index is -0.209. The van der Waals surface area contributed by atoms with Crippen LogP contribution in [0.2, 0.25) is 0 Å². The molecule has 2 amide bonds. The van der Waals surface area contributed by atoms with Crippen molar-refractivity contribution < 1.29 is 9.59 Å². The molecule has 8 heteroatoms. The number of hydrogen-bond acceptors (Lipinski definition) is 4. The van der Waals surface area contributed by atoms with Gasteiger partial charge in [0.2, 0.25) is 11.8 Å². The minimum absolute atomic E-state index is 0. The first-order chi connectivity index (χ1) is 10.1. The molecular weight excluding hydrogens is 339 g/mol. The lowest BCUT2D eigenvalue weighted by atomic mass is 9.97. The van der Waals surface area contributed by atoms with Crippen LogP contribution in [-0.2, 0) is 16.1 Å². The van der Waals surface area contributed by atoms with E-state index in [0.29, 0.717) is 0 Å². The standard InChI is InChI=1S/C15H22N4O2.2ClH/c16-8-14(20)18-13-5-3-11(4-6-13)9-19-7-1-2-12(10-19)15(17)21;;/h3-6,12H,1-2,7-10,16H2,(H2,17,21)(H,18,20);2*1H. The molecule has 2 rings (SSSR count). The first kappa shape index (κ1) is 21.7. The van der Waals surface area contributed by atoms with Crippen LogP contribution in [0.15, 0.2) is 24.3 Å². The van der Waals surface area contributed by atoms with Gasteiger partial charge in [0.15, 0.2) is 0 Å². The highest BCUT2D eigenvalue weighted by Crippen LogP contribution is 2.19. The molecule has 1 heterocycles. The summed E-state index contributed by atoms with van der Waals surface area (Å²) in [5.41, 5.74) is 12.5. The number of rotatable bonds is 5. The average Bonchev–Trinajstić information content (AvgIpc) is 2.49. The number of benzene rings is 1. The highest BCUT2D eigenvalue weighted by Gasteiger charge is 2.23. The van der Waals surface area contributed by atoms with Gasteiger partial charge < -0.3 is 16.8 Å². The molecule has 0 aromatic heterocycles. The predicted octanol–water partition coefficient (Wildman–Crippen LogP) is 1.12. The number of anilines is 1. The number of halogens is 2. The topological polar surface area (TPSA) is 101 Å². The molecule has 6 nitrogen and oxygen atoms in total. The van der Waals surface area contributed by atoms with Gasteiger partial charge in [-0.3, -0.25) is 14.5 Å². The van der Waals surface area contributed by atoms with Gasteiger partial charge in [0.1, 0.15) is 0 Å². The highest BCUT2D eigenvalue weighted by molar-refractivity contribution is 5.92. The van der Waals surface area contributed by atoms with Crippen LogP contribution in [-0.4, -0.2) is 36.3 Å². The van der Waals surface area contributed by atoms with Crippen molar-refractivity contribution in [3.8, 4) is 0 Å². The molecule has 1 aliphatic heterocycles. The molecule has 130 valence electrons. The fraction of sp³-hybridized carbons (Fsp3) is 0.467. The van der Waals surface area contributed by atoms with Gasteiger partial charge in [0.25, 0.3) is 0 Å².